The first kappa shape index (κ1) is 14.6. The molecule has 0 unspecified atom stereocenters. The Morgan fingerprint density at radius 2 is 1.91 bits per heavy atom. The molecule has 3 aromatic rings. The van der Waals surface area contributed by atoms with Gasteiger partial charge in [0, 0.05) is 16.1 Å². The van der Waals surface area contributed by atoms with Crippen LogP contribution in [0, 0.1) is 13.8 Å². The van der Waals surface area contributed by atoms with E-state index in [0.29, 0.717) is 22.9 Å². The number of carbonyl (C=O) groups excluding carboxylic acids is 1. The number of benzene rings is 1. The summed E-state index contributed by atoms with van der Waals surface area (Å²) in [5, 5.41) is 0. The van der Waals surface area contributed by atoms with E-state index >= 15 is 0 Å². The zero-order chi connectivity index (χ0) is 15.9. The lowest BCUT2D eigenvalue weighted by molar-refractivity contribution is 0.111. The lowest BCUT2D eigenvalue weighted by Gasteiger charge is -2.08. The van der Waals surface area contributed by atoms with Crippen LogP contribution in [-0.2, 0) is 0 Å². The van der Waals surface area contributed by atoms with Crippen molar-refractivity contribution in [2.45, 2.75) is 13.8 Å². The average Bonchev–Trinajstić information content (AvgIpc) is 3.03. The molecule has 6 heteroatoms. The molecule has 1 aromatic carbocycles. The summed E-state index contributed by atoms with van der Waals surface area (Å²) in [5.74, 6) is 1.26. The number of aromatic nitrogens is 2. The molecule has 0 aliphatic carbocycles. The summed E-state index contributed by atoms with van der Waals surface area (Å²) in [6, 6.07) is 5.53. The molecule has 5 nitrogen and oxygen atoms in total. The number of rotatable bonds is 4. The van der Waals surface area contributed by atoms with Gasteiger partial charge in [-0.05, 0) is 32.0 Å². The molecule has 0 bridgehead atoms. The van der Waals surface area contributed by atoms with Gasteiger partial charge in [0.05, 0.1) is 14.2 Å². The van der Waals surface area contributed by atoms with Crippen LogP contribution in [0.3, 0.4) is 0 Å². The van der Waals surface area contributed by atoms with E-state index < -0.39 is 0 Å². The van der Waals surface area contributed by atoms with Crippen molar-refractivity contribution in [2.24, 2.45) is 0 Å². The van der Waals surface area contributed by atoms with Gasteiger partial charge in [-0.2, -0.15) is 0 Å². The molecule has 0 atom stereocenters. The van der Waals surface area contributed by atoms with Crippen LogP contribution >= 0.6 is 11.3 Å². The lowest BCUT2D eigenvalue weighted by Crippen LogP contribution is -1.95. The van der Waals surface area contributed by atoms with E-state index in [2.05, 4.69) is 4.98 Å². The Hall–Kier alpha value is -2.34. The van der Waals surface area contributed by atoms with Crippen molar-refractivity contribution >= 4 is 22.6 Å². The van der Waals surface area contributed by atoms with E-state index in [4.69, 9.17) is 9.47 Å². The Bertz CT molecular complexity index is 864. The topological polar surface area (TPSA) is 52.8 Å². The molecular weight excluding hydrogens is 300 g/mol. The number of aldehydes is 1. The van der Waals surface area contributed by atoms with Crippen LogP contribution in [0.15, 0.2) is 18.2 Å². The number of methoxy groups -OCH3 is 2. The highest BCUT2D eigenvalue weighted by molar-refractivity contribution is 7.17. The van der Waals surface area contributed by atoms with Gasteiger partial charge in [-0.1, -0.05) is 0 Å². The molecule has 114 valence electrons. The monoisotopic (exact) mass is 316 g/mol. The molecule has 2 heterocycles. The highest BCUT2D eigenvalue weighted by atomic mass is 32.1. The summed E-state index contributed by atoms with van der Waals surface area (Å²) < 4.78 is 12.5. The first-order valence-corrected chi connectivity index (χ1v) is 7.58. The van der Waals surface area contributed by atoms with Crippen molar-refractivity contribution in [2.75, 3.05) is 14.2 Å². The van der Waals surface area contributed by atoms with Gasteiger partial charge in [0.2, 0.25) is 0 Å². The number of aryl methyl sites for hydroxylation is 2. The molecule has 0 radical (unpaired) electrons. The zero-order valence-corrected chi connectivity index (χ0v) is 13.7. The minimum atomic E-state index is 0.559. The molecule has 0 spiro atoms. The van der Waals surface area contributed by atoms with Gasteiger partial charge >= 0.3 is 0 Å². The predicted octanol–water partition coefficient (Wildman–Crippen LogP) is 3.51. The largest absolute Gasteiger partial charge is 0.493 e. The molecular formula is C16H16N2O3S. The predicted molar refractivity (Wildman–Crippen MR) is 86.5 cm³/mol. The van der Waals surface area contributed by atoms with Gasteiger partial charge in [0.15, 0.2) is 22.7 Å². The van der Waals surface area contributed by atoms with Gasteiger partial charge in [-0.25, -0.2) is 4.98 Å². The van der Waals surface area contributed by atoms with E-state index in [1.807, 2.05) is 36.4 Å². The molecule has 0 amide bonds. The summed E-state index contributed by atoms with van der Waals surface area (Å²) in [7, 11) is 3.18. The molecule has 0 saturated carbocycles. The number of ether oxygens (including phenoxy) is 2. The second-order valence-corrected chi connectivity index (χ2v) is 6.08. The third-order valence-corrected chi connectivity index (χ3v) is 4.80. The second kappa shape index (κ2) is 5.46. The Morgan fingerprint density at radius 1 is 1.18 bits per heavy atom. The van der Waals surface area contributed by atoms with Crippen molar-refractivity contribution in [3.8, 4) is 22.8 Å². The highest BCUT2D eigenvalue weighted by Crippen LogP contribution is 2.35. The van der Waals surface area contributed by atoms with E-state index in [0.717, 1.165) is 27.4 Å². The molecule has 0 fully saturated rings. The third kappa shape index (κ3) is 2.07. The highest BCUT2D eigenvalue weighted by Gasteiger charge is 2.19. The van der Waals surface area contributed by atoms with Crippen LogP contribution in [0.1, 0.15) is 21.1 Å². The molecule has 0 aliphatic heterocycles. The minimum absolute atomic E-state index is 0.559. The number of carbonyl (C=O) groups is 1. The van der Waals surface area contributed by atoms with Crippen molar-refractivity contribution < 1.29 is 14.3 Å². The van der Waals surface area contributed by atoms with E-state index in [1.165, 1.54) is 0 Å². The summed E-state index contributed by atoms with van der Waals surface area (Å²) >= 11 is 1.58. The van der Waals surface area contributed by atoms with Crippen molar-refractivity contribution in [1.29, 1.82) is 0 Å². The first-order valence-electron chi connectivity index (χ1n) is 6.76. The van der Waals surface area contributed by atoms with Crippen LogP contribution in [0.25, 0.3) is 16.2 Å². The molecule has 22 heavy (non-hydrogen) atoms. The Labute approximate surface area is 132 Å². The van der Waals surface area contributed by atoms with E-state index in [1.54, 1.807) is 25.6 Å². The fourth-order valence-electron chi connectivity index (χ4n) is 2.48. The fourth-order valence-corrected chi connectivity index (χ4v) is 3.45. The van der Waals surface area contributed by atoms with Crippen molar-refractivity contribution in [1.82, 2.24) is 9.38 Å². The quantitative estimate of drug-likeness (QED) is 0.691. The van der Waals surface area contributed by atoms with Gasteiger partial charge in [0.1, 0.15) is 11.4 Å². The van der Waals surface area contributed by atoms with Gasteiger partial charge < -0.3 is 9.47 Å². The normalized spacial score (nSPS) is 10.9. The number of nitrogens with zero attached hydrogens (tertiary/aromatic N) is 2. The minimum Gasteiger partial charge on any atom is -0.493 e. The van der Waals surface area contributed by atoms with Crippen molar-refractivity contribution in [3.05, 3.63) is 34.5 Å². The van der Waals surface area contributed by atoms with Gasteiger partial charge in [-0.15, -0.1) is 11.3 Å². The number of thiazole rings is 1. The average molecular weight is 316 g/mol. The van der Waals surface area contributed by atoms with Crippen LogP contribution in [0.5, 0.6) is 11.5 Å². The number of imidazole rings is 1. The first-order chi connectivity index (χ1) is 10.6. The van der Waals surface area contributed by atoms with Crippen LogP contribution in [0.4, 0.5) is 0 Å². The fraction of sp³-hybridized carbons (Fsp3) is 0.250. The van der Waals surface area contributed by atoms with Crippen LogP contribution in [0.2, 0.25) is 0 Å². The number of hydrogen-bond acceptors (Lipinski definition) is 5. The molecule has 3 rings (SSSR count). The summed E-state index contributed by atoms with van der Waals surface area (Å²) in [5.41, 5.74) is 3.09. The smallest absolute Gasteiger partial charge is 0.195 e. The standard InChI is InChI=1S/C16H16N2O3S/c1-9-10(2)22-16-17-15(12(8-19)18(9)16)11-5-6-13(20-3)14(7-11)21-4/h5-8H,1-4H3. The lowest BCUT2D eigenvalue weighted by atomic mass is 10.1. The second-order valence-electron chi connectivity index (χ2n) is 4.89. The summed E-state index contributed by atoms with van der Waals surface area (Å²) in [6.07, 6.45) is 0.852. The molecule has 2 aromatic heterocycles. The molecule has 0 saturated heterocycles. The summed E-state index contributed by atoms with van der Waals surface area (Å²) in [4.78, 5) is 18.2. The zero-order valence-electron chi connectivity index (χ0n) is 12.8. The Balaban J connectivity index is 2.24. The van der Waals surface area contributed by atoms with E-state index in [9.17, 15) is 4.79 Å². The van der Waals surface area contributed by atoms with Gasteiger partial charge in [0.25, 0.3) is 0 Å². The number of hydrogen-bond donors (Lipinski definition) is 0. The number of fused-ring (bicyclic) bond motifs is 1. The Morgan fingerprint density at radius 3 is 2.55 bits per heavy atom. The van der Waals surface area contributed by atoms with Crippen LogP contribution < -0.4 is 9.47 Å². The Kier molecular flexibility index (Phi) is 3.62. The maximum Gasteiger partial charge on any atom is 0.195 e. The maximum atomic E-state index is 11.6. The summed E-state index contributed by atoms with van der Waals surface area (Å²) in [6.45, 7) is 4.02. The van der Waals surface area contributed by atoms with Crippen LogP contribution in [-0.4, -0.2) is 29.9 Å². The SMILES string of the molecule is COc1ccc(-c2nc3sc(C)c(C)n3c2C=O)cc1OC. The maximum absolute atomic E-state index is 11.6. The third-order valence-electron chi connectivity index (χ3n) is 3.74. The van der Waals surface area contributed by atoms with Crippen molar-refractivity contribution in [3.63, 3.8) is 0 Å². The van der Waals surface area contributed by atoms with E-state index in [-0.39, 0.29) is 0 Å². The molecule has 0 aliphatic rings. The molecule has 0 N–H and O–H groups in total. The van der Waals surface area contributed by atoms with Gasteiger partial charge in [-0.3, -0.25) is 9.20 Å².